The van der Waals surface area contributed by atoms with Crippen molar-refractivity contribution in [2.75, 3.05) is 58.8 Å². The molecule has 210 valence electrons. The first kappa shape index (κ1) is 29.2. The van der Waals surface area contributed by atoms with E-state index < -0.39 is 0 Å². The maximum absolute atomic E-state index is 12.9. The molecule has 1 aliphatic rings. The van der Waals surface area contributed by atoms with Gasteiger partial charge in [0, 0.05) is 56.3 Å². The van der Waals surface area contributed by atoms with E-state index in [1.807, 2.05) is 19.9 Å². The number of hydrogen-bond donors (Lipinski definition) is 1. The maximum atomic E-state index is 12.9. The van der Waals surface area contributed by atoms with Crippen LogP contribution >= 0.6 is 11.6 Å². The van der Waals surface area contributed by atoms with E-state index in [2.05, 4.69) is 28.2 Å². The standard InChI is InChI=1S/C30H34ClN5O4/c1-5-24-22(19-32)30(40-20-9-10-27(38-4)23(31)16-20)21-17-26(28(39-6-2)18-25(21)33-24)34-29(37)8-7-11-36-14-12-35(3)13-15-36/h7-10,16-18H,5-6,11-15H2,1-4H3,(H,34,37)/b8-7+. The highest BCUT2D eigenvalue weighted by atomic mass is 35.5. The molecule has 4 rings (SSSR count). The summed E-state index contributed by atoms with van der Waals surface area (Å²) in [6, 6.07) is 10.8. The molecule has 2 heterocycles. The summed E-state index contributed by atoms with van der Waals surface area (Å²) < 4.78 is 17.4. The van der Waals surface area contributed by atoms with Gasteiger partial charge in [-0.1, -0.05) is 24.6 Å². The highest BCUT2D eigenvalue weighted by Gasteiger charge is 2.20. The largest absolute Gasteiger partial charge is 0.495 e. The fourth-order valence-corrected chi connectivity index (χ4v) is 4.75. The Kier molecular flexibility index (Phi) is 9.83. The van der Waals surface area contributed by atoms with E-state index in [1.165, 1.54) is 13.2 Å². The number of amides is 1. The van der Waals surface area contributed by atoms with E-state index >= 15 is 0 Å². The van der Waals surface area contributed by atoms with Gasteiger partial charge in [-0.2, -0.15) is 5.26 Å². The van der Waals surface area contributed by atoms with Crippen LogP contribution in [0.15, 0.2) is 42.5 Å². The van der Waals surface area contributed by atoms with Gasteiger partial charge in [-0.3, -0.25) is 14.7 Å². The van der Waals surface area contributed by atoms with Crippen LogP contribution < -0.4 is 19.5 Å². The van der Waals surface area contributed by atoms with Crippen molar-refractivity contribution in [1.29, 1.82) is 5.26 Å². The van der Waals surface area contributed by atoms with Gasteiger partial charge in [-0.05, 0) is 38.6 Å². The second-order valence-electron chi connectivity index (χ2n) is 9.42. The van der Waals surface area contributed by atoms with Crippen molar-refractivity contribution in [1.82, 2.24) is 14.8 Å². The van der Waals surface area contributed by atoms with Crippen LogP contribution in [0.2, 0.25) is 5.02 Å². The summed E-state index contributed by atoms with van der Waals surface area (Å²) >= 11 is 6.32. The van der Waals surface area contributed by atoms with Crippen LogP contribution in [0.1, 0.15) is 25.1 Å². The second-order valence-corrected chi connectivity index (χ2v) is 9.83. The first-order valence-corrected chi connectivity index (χ1v) is 13.7. The Morgan fingerprint density at radius 2 is 1.95 bits per heavy atom. The Bertz CT molecular complexity index is 1440. The molecule has 1 N–H and O–H groups in total. The van der Waals surface area contributed by atoms with Gasteiger partial charge in [0.05, 0.1) is 35.6 Å². The van der Waals surface area contributed by atoms with Crippen LogP contribution in [0, 0.1) is 11.3 Å². The molecule has 9 nitrogen and oxygen atoms in total. The van der Waals surface area contributed by atoms with E-state index in [4.69, 9.17) is 30.8 Å². The van der Waals surface area contributed by atoms with Gasteiger partial charge in [-0.25, -0.2) is 0 Å². The Labute approximate surface area is 239 Å². The lowest BCUT2D eigenvalue weighted by Gasteiger charge is -2.31. The molecule has 1 aromatic heterocycles. The van der Waals surface area contributed by atoms with E-state index in [0.29, 0.717) is 75.4 Å². The summed E-state index contributed by atoms with van der Waals surface area (Å²) in [6.45, 7) is 8.87. The second kappa shape index (κ2) is 13.5. The van der Waals surface area contributed by atoms with Crippen LogP contribution in [0.4, 0.5) is 5.69 Å². The lowest BCUT2D eigenvalue weighted by molar-refractivity contribution is -0.111. The number of carbonyl (C=O) groups excluding carboxylic acids is 1. The molecule has 3 aromatic rings. The Morgan fingerprint density at radius 1 is 1.18 bits per heavy atom. The number of fused-ring (bicyclic) bond motifs is 1. The van der Waals surface area contributed by atoms with Crippen molar-refractivity contribution in [3.63, 3.8) is 0 Å². The molecule has 40 heavy (non-hydrogen) atoms. The fraction of sp³-hybridized carbons (Fsp3) is 0.367. The number of nitrogens with one attached hydrogen (secondary N) is 1. The molecule has 0 bridgehead atoms. The van der Waals surface area contributed by atoms with E-state index in [0.717, 1.165) is 26.2 Å². The normalized spacial score (nSPS) is 14.3. The molecule has 0 atom stereocenters. The number of nitriles is 1. The number of benzene rings is 2. The molecule has 1 amide bonds. The molecular weight excluding hydrogens is 530 g/mol. The number of rotatable bonds is 10. The number of pyridine rings is 1. The zero-order chi connectivity index (χ0) is 28.6. The highest BCUT2D eigenvalue weighted by molar-refractivity contribution is 6.32. The molecule has 0 spiro atoms. The van der Waals surface area contributed by atoms with Gasteiger partial charge in [0.2, 0.25) is 5.91 Å². The number of likely N-dealkylation sites (N-methyl/N-ethyl adjacent to an activating group) is 1. The van der Waals surface area contributed by atoms with Crippen molar-refractivity contribution in [2.45, 2.75) is 20.3 Å². The lowest BCUT2D eigenvalue weighted by atomic mass is 10.0. The van der Waals surface area contributed by atoms with Crippen LogP contribution in [-0.2, 0) is 11.2 Å². The van der Waals surface area contributed by atoms with E-state index in [1.54, 1.807) is 30.3 Å². The summed E-state index contributed by atoms with van der Waals surface area (Å²) in [7, 11) is 3.65. The molecule has 0 unspecified atom stereocenters. The Hall–Kier alpha value is -3.84. The number of aromatic nitrogens is 1. The van der Waals surface area contributed by atoms with Gasteiger partial charge < -0.3 is 24.4 Å². The highest BCUT2D eigenvalue weighted by Crippen LogP contribution is 2.40. The number of nitrogens with zero attached hydrogens (tertiary/aromatic N) is 4. The zero-order valence-electron chi connectivity index (χ0n) is 23.3. The van der Waals surface area contributed by atoms with Crippen molar-refractivity contribution in [3.05, 3.63) is 58.8 Å². The summed E-state index contributed by atoms with van der Waals surface area (Å²) in [6.07, 6.45) is 3.93. The summed E-state index contributed by atoms with van der Waals surface area (Å²) in [4.78, 5) is 22.2. The van der Waals surface area contributed by atoms with Gasteiger partial charge in [0.1, 0.15) is 28.9 Å². The van der Waals surface area contributed by atoms with E-state index in [-0.39, 0.29) is 5.91 Å². The predicted octanol–water partition coefficient (Wildman–Crippen LogP) is 5.26. The minimum atomic E-state index is -0.280. The summed E-state index contributed by atoms with van der Waals surface area (Å²) in [5.41, 5.74) is 1.94. The van der Waals surface area contributed by atoms with E-state index in [9.17, 15) is 10.1 Å². The van der Waals surface area contributed by atoms with Gasteiger partial charge in [0.15, 0.2) is 5.75 Å². The van der Waals surface area contributed by atoms with Gasteiger partial charge in [0.25, 0.3) is 0 Å². The maximum Gasteiger partial charge on any atom is 0.248 e. The molecule has 0 radical (unpaired) electrons. The number of hydrogen-bond acceptors (Lipinski definition) is 8. The number of ether oxygens (including phenoxy) is 3. The number of carbonyl (C=O) groups is 1. The fourth-order valence-electron chi connectivity index (χ4n) is 4.50. The number of aryl methyl sites for hydroxylation is 1. The SMILES string of the molecule is CCOc1cc2nc(CC)c(C#N)c(Oc3ccc(OC)c(Cl)c3)c2cc1NC(=O)/C=C/CN1CCN(C)CC1. The molecule has 0 aliphatic carbocycles. The van der Waals surface area contributed by atoms with Crippen LogP contribution in [0.3, 0.4) is 0 Å². The minimum Gasteiger partial charge on any atom is -0.495 e. The molecular formula is C30H34ClN5O4. The van der Waals surface area contributed by atoms with Crippen molar-refractivity contribution in [3.8, 4) is 29.1 Å². The third-order valence-corrected chi connectivity index (χ3v) is 6.99. The van der Waals surface area contributed by atoms with Gasteiger partial charge in [-0.15, -0.1) is 0 Å². The van der Waals surface area contributed by atoms with Gasteiger partial charge >= 0.3 is 0 Å². The Morgan fingerprint density at radius 3 is 2.60 bits per heavy atom. The topological polar surface area (TPSA) is 99.9 Å². The van der Waals surface area contributed by atoms with Crippen molar-refractivity contribution in [2.24, 2.45) is 0 Å². The van der Waals surface area contributed by atoms with Crippen molar-refractivity contribution >= 4 is 34.1 Å². The average Bonchev–Trinajstić information content (AvgIpc) is 2.94. The monoisotopic (exact) mass is 563 g/mol. The molecule has 0 saturated carbocycles. The molecule has 10 heteroatoms. The van der Waals surface area contributed by atoms with Crippen LogP contribution in [0.25, 0.3) is 10.9 Å². The quantitative estimate of drug-likeness (QED) is 0.333. The summed E-state index contributed by atoms with van der Waals surface area (Å²) in [5, 5.41) is 13.9. The third kappa shape index (κ3) is 6.83. The Balaban J connectivity index is 1.69. The number of anilines is 1. The zero-order valence-corrected chi connectivity index (χ0v) is 24.0. The van der Waals surface area contributed by atoms with Crippen LogP contribution in [-0.4, -0.2) is 74.2 Å². The number of piperazine rings is 1. The number of halogens is 1. The molecule has 2 aromatic carbocycles. The minimum absolute atomic E-state index is 0.280. The summed E-state index contributed by atoms with van der Waals surface area (Å²) in [5.74, 6) is 1.47. The van der Waals surface area contributed by atoms with Crippen LogP contribution in [0.5, 0.6) is 23.0 Å². The lowest BCUT2D eigenvalue weighted by Crippen LogP contribution is -2.44. The first-order chi connectivity index (χ1) is 19.4. The molecule has 1 aliphatic heterocycles. The predicted molar refractivity (Wildman–Crippen MR) is 157 cm³/mol. The molecule has 1 fully saturated rings. The first-order valence-electron chi connectivity index (χ1n) is 13.3. The van der Waals surface area contributed by atoms with Crippen molar-refractivity contribution < 1.29 is 19.0 Å². The smallest absolute Gasteiger partial charge is 0.248 e. The number of methoxy groups -OCH3 is 1. The third-order valence-electron chi connectivity index (χ3n) is 6.69. The average molecular weight is 564 g/mol. The molecule has 1 saturated heterocycles.